The molecule has 2 heterocycles. The summed E-state index contributed by atoms with van der Waals surface area (Å²) in [5.74, 6) is 0.613. The number of carbonyl (C=O) groups is 1. The van der Waals surface area contributed by atoms with Crippen molar-refractivity contribution in [1.29, 1.82) is 0 Å². The number of hydrogen-bond acceptors (Lipinski definition) is 2. The van der Waals surface area contributed by atoms with Gasteiger partial charge in [0.15, 0.2) is 0 Å². The van der Waals surface area contributed by atoms with E-state index in [9.17, 15) is 9.18 Å². The molecule has 0 bridgehead atoms. The van der Waals surface area contributed by atoms with E-state index in [0.29, 0.717) is 13.0 Å². The van der Waals surface area contributed by atoms with Crippen LogP contribution in [0.3, 0.4) is 0 Å². The molecule has 1 unspecified atom stereocenters. The highest BCUT2D eigenvalue weighted by molar-refractivity contribution is 5.80. The van der Waals surface area contributed by atoms with E-state index in [-0.39, 0.29) is 17.6 Å². The molecule has 2 aromatic carbocycles. The molecule has 0 saturated carbocycles. The summed E-state index contributed by atoms with van der Waals surface area (Å²) in [5.41, 5.74) is 2.88. The van der Waals surface area contributed by atoms with Crippen molar-refractivity contribution in [3.63, 3.8) is 0 Å². The second kappa shape index (κ2) is 6.07. The van der Waals surface area contributed by atoms with Crippen LogP contribution in [0.5, 0.6) is 0 Å². The molecule has 1 N–H and O–H groups in total. The summed E-state index contributed by atoms with van der Waals surface area (Å²) in [7, 11) is 0. The van der Waals surface area contributed by atoms with Crippen molar-refractivity contribution in [3.8, 4) is 0 Å². The van der Waals surface area contributed by atoms with Crippen LogP contribution < -0.4 is 5.32 Å². The molecule has 1 aromatic heterocycles. The van der Waals surface area contributed by atoms with Gasteiger partial charge in [0, 0.05) is 25.4 Å². The third-order valence-corrected chi connectivity index (χ3v) is 4.59. The van der Waals surface area contributed by atoms with Crippen molar-refractivity contribution in [2.24, 2.45) is 5.92 Å². The molecule has 4 rings (SSSR count). The van der Waals surface area contributed by atoms with Gasteiger partial charge in [-0.15, -0.1) is 0 Å². The van der Waals surface area contributed by atoms with Gasteiger partial charge in [-0.1, -0.05) is 24.3 Å². The summed E-state index contributed by atoms with van der Waals surface area (Å²) < 4.78 is 15.4. The van der Waals surface area contributed by atoms with Crippen molar-refractivity contribution in [3.05, 3.63) is 65.7 Å². The Bertz CT molecular complexity index is 903. The minimum atomic E-state index is -0.284. The van der Waals surface area contributed by atoms with Crippen molar-refractivity contribution in [2.45, 2.75) is 25.9 Å². The lowest BCUT2D eigenvalue weighted by molar-refractivity contribution is -0.125. The maximum atomic E-state index is 13.2. The molecule has 1 aliphatic heterocycles. The van der Waals surface area contributed by atoms with E-state index in [1.807, 2.05) is 24.3 Å². The van der Waals surface area contributed by atoms with Crippen LogP contribution in [0.4, 0.5) is 4.39 Å². The number of aryl methyl sites for hydroxylation is 1. The average molecular weight is 323 g/mol. The first kappa shape index (κ1) is 14.9. The zero-order chi connectivity index (χ0) is 16.5. The van der Waals surface area contributed by atoms with Crippen molar-refractivity contribution < 1.29 is 9.18 Å². The number of amides is 1. The number of nitrogens with one attached hydrogen (secondary N) is 1. The number of hydrogen-bond donors (Lipinski definition) is 1. The van der Waals surface area contributed by atoms with Crippen LogP contribution in [0.1, 0.15) is 17.8 Å². The molecule has 0 aliphatic carbocycles. The Labute approximate surface area is 139 Å². The molecular formula is C19H18FN3O. The Morgan fingerprint density at radius 3 is 3.00 bits per heavy atom. The summed E-state index contributed by atoms with van der Waals surface area (Å²) in [6, 6.07) is 14.4. The molecule has 0 spiro atoms. The van der Waals surface area contributed by atoms with E-state index in [1.54, 1.807) is 6.07 Å². The molecule has 122 valence electrons. The summed E-state index contributed by atoms with van der Waals surface area (Å²) in [6.07, 6.45) is 1.44. The van der Waals surface area contributed by atoms with Gasteiger partial charge < -0.3 is 9.88 Å². The first-order valence-corrected chi connectivity index (χ1v) is 8.17. The quantitative estimate of drug-likeness (QED) is 0.805. The van der Waals surface area contributed by atoms with Gasteiger partial charge in [0.2, 0.25) is 5.91 Å². The summed E-state index contributed by atoms with van der Waals surface area (Å²) >= 11 is 0. The van der Waals surface area contributed by atoms with Gasteiger partial charge in [-0.3, -0.25) is 4.79 Å². The zero-order valence-corrected chi connectivity index (χ0v) is 13.2. The number of halogens is 1. The SMILES string of the molecule is O=C(NCc1cccc(F)c1)C1CCn2c(nc3ccccc32)C1. The first-order chi connectivity index (χ1) is 11.7. The number of aromatic nitrogens is 2. The standard InChI is InChI=1S/C19H18FN3O/c20-15-5-3-4-13(10-15)12-21-19(24)14-8-9-23-17-7-2-1-6-16(17)22-18(23)11-14/h1-7,10,14H,8-9,11-12H2,(H,21,24). The zero-order valence-electron chi connectivity index (χ0n) is 13.2. The highest BCUT2D eigenvalue weighted by atomic mass is 19.1. The van der Waals surface area contributed by atoms with E-state index in [2.05, 4.69) is 20.9 Å². The third kappa shape index (κ3) is 2.77. The van der Waals surface area contributed by atoms with Gasteiger partial charge in [-0.2, -0.15) is 0 Å². The van der Waals surface area contributed by atoms with Crippen LogP contribution in [0.15, 0.2) is 48.5 Å². The number of rotatable bonds is 3. The van der Waals surface area contributed by atoms with E-state index in [0.717, 1.165) is 35.4 Å². The molecule has 1 atom stereocenters. The normalized spacial score (nSPS) is 16.8. The van der Waals surface area contributed by atoms with Gasteiger partial charge in [0.25, 0.3) is 0 Å². The number of fused-ring (bicyclic) bond motifs is 3. The van der Waals surface area contributed by atoms with Crippen LogP contribution in [0.25, 0.3) is 11.0 Å². The van der Waals surface area contributed by atoms with E-state index < -0.39 is 0 Å². The first-order valence-electron chi connectivity index (χ1n) is 8.17. The molecule has 1 amide bonds. The van der Waals surface area contributed by atoms with E-state index in [4.69, 9.17) is 0 Å². The van der Waals surface area contributed by atoms with Crippen LogP contribution in [-0.4, -0.2) is 15.5 Å². The fourth-order valence-corrected chi connectivity index (χ4v) is 3.34. The lowest BCUT2D eigenvalue weighted by Gasteiger charge is -2.23. The molecule has 1 aliphatic rings. The van der Waals surface area contributed by atoms with Gasteiger partial charge in [0.1, 0.15) is 11.6 Å². The average Bonchev–Trinajstić information content (AvgIpc) is 2.97. The smallest absolute Gasteiger partial charge is 0.223 e. The lowest BCUT2D eigenvalue weighted by Crippen LogP contribution is -2.35. The van der Waals surface area contributed by atoms with Crippen LogP contribution in [0.2, 0.25) is 0 Å². The lowest BCUT2D eigenvalue weighted by atomic mass is 9.96. The number of para-hydroxylation sites is 2. The molecular weight excluding hydrogens is 305 g/mol. The maximum absolute atomic E-state index is 13.2. The van der Waals surface area contributed by atoms with Gasteiger partial charge in [0.05, 0.1) is 11.0 Å². The fraction of sp³-hybridized carbons (Fsp3) is 0.263. The highest BCUT2D eigenvalue weighted by Gasteiger charge is 2.26. The summed E-state index contributed by atoms with van der Waals surface area (Å²) in [5, 5.41) is 2.92. The van der Waals surface area contributed by atoms with Crippen LogP contribution >= 0.6 is 0 Å². The van der Waals surface area contributed by atoms with Gasteiger partial charge >= 0.3 is 0 Å². The molecule has 3 aromatic rings. The fourth-order valence-electron chi connectivity index (χ4n) is 3.34. The topological polar surface area (TPSA) is 46.9 Å². The van der Waals surface area contributed by atoms with Crippen molar-refractivity contribution in [1.82, 2.24) is 14.9 Å². The van der Waals surface area contributed by atoms with Crippen LogP contribution in [-0.2, 0) is 24.3 Å². The molecule has 24 heavy (non-hydrogen) atoms. The number of carbonyl (C=O) groups excluding carboxylic acids is 1. The van der Waals surface area contributed by atoms with Crippen molar-refractivity contribution in [2.75, 3.05) is 0 Å². The Balaban J connectivity index is 1.45. The van der Waals surface area contributed by atoms with Gasteiger partial charge in [-0.05, 0) is 36.2 Å². The monoisotopic (exact) mass is 323 g/mol. The molecule has 0 radical (unpaired) electrons. The third-order valence-electron chi connectivity index (χ3n) is 4.59. The van der Waals surface area contributed by atoms with E-state index >= 15 is 0 Å². The largest absolute Gasteiger partial charge is 0.352 e. The Morgan fingerprint density at radius 1 is 1.25 bits per heavy atom. The molecule has 5 heteroatoms. The molecule has 0 fully saturated rings. The van der Waals surface area contributed by atoms with Crippen LogP contribution in [0, 0.1) is 11.7 Å². The van der Waals surface area contributed by atoms with E-state index in [1.165, 1.54) is 12.1 Å². The number of benzene rings is 2. The van der Waals surface area contributed by atoms with Gasteiger partial charge in [-0.25, -0.2) is 9.37 Å². The molecule has 0 saturated heterocycles. The minimum Gasteiger partial charge on any atom is -0.352 e. The maximum Gasteiger partial charge on any atom is 0.223 e. The number of nitrogens with zero attached hydrogens (tertiary/aromatic N) is 2. The van der Waals surface area contributed by atoms with Crippen molar-refractivity contribution >= 4 is 16.9 Å². The number of imidazole rings is 1. The summed E-state index contributed by atoms with van der Waals surface area (Å²) in [4.78, 5) is 17.1. The second-order valence-corrected chi connectivity index (χ2v) is 6.21. The predicted octanol–water partition coefficient (Wildman–Crippen LogP) is 3.05. The molecule has 4 nitrogen and oxygen atoms in total. The Morgan fingerprint density at radius 2 is 2.12 bits per heavy atom. The minimum absolute atomic E-state index is 0.0116. The Kier molecular flexibility index (Phi) is 3.76. The second-order valence-electron chi connectivity index (χ2n) is 6.21. The Hall–Kier alpha value is -2.69. The summed E-state index contributed by atoms with van der Waals surface area (Å²) in [6.45, 7) is 1.15. The highest BCUT2D eigenvalue weighted by Crippen LogP contribution is 2.25. The predicted molar refractivity (Wildman–Crippen MR) is 89.8 cm³/mol.